The van der Waals surface area contributed by atoms with Crippen molar-refractivity contribution in [1.29, 1.82) is 0 Å². The van der Waals surface area contributed by atoms with Crippen LogP contribution in [0, 0.1) is 5.92 Å². The molecule has 0 aromatic heterocycles. The maximum absolute atomic E-state index is 2.84. The van der Waals surface area contributed by atoms with E-state index in [2.05, 4.69) is 135 Å². The fourth-order valence-corrected chi connectivity index (χ4v) is 7.44. The highest BCUT2D eigenvalue weighted by atomic mass is 15.4. The Hall–Kier alpha value is -2.09. The molecule has 2 nitrogen and oxygen atoms in total. The maximum Gasteiger partial charge on any atom is 0.256 e. The lowest BCUT2D eigenvalue weighted by atomic mass is 9.66. The third kappa shape index (κ3) is 2.90. The van der Waals surface area contributed by atoms with E-state index in [9.17, 15) is 0 Å². The lowest BCUT2D eigenvalue weighted by Gasteiger charge is -2.46. The summed E-state index contributed by atoms with van der Waals surface area (Å²) in [6.45, 7) is 29.0. The van der Waals surface area contributed by atoms with Crippen molar-refractivity contribution in [3.63, 3.8) is 0 Å². The molecule has 2 atom stereocenters. The average molecular weight is 460 g/mol. The zero-order valence-corrected chi connectivity index (χ0v) is 23.7. The molecule has 0 bridgehead atoms. The minimum Gasteiger partial charge on any atom is -0.249 e. The van der Waals surface area contributed by atoms with Crippen LogP contribution in [-0.4, -0.2) is 22.0 Å². The van der Waals surface area contributed by atoms with E-state index >= 15 is 0 Å². The summed E-state index contributed by atoms with van der Waals surface area (Å²) in [7, 11) is 0. The normalized spacial score (nSPS) is 25.8. The fourth-order valence-electron chi connectivity index (χ4n) is 7.44. The molecule has 1 heterocycles. The van der Waals surface area contributed by atoms with Crippen LogP contribution in [0.2, 0.25) is 0 Å². The monoisotopic (exact) mass is 459 g/mol. The molecule has 2 aliphatic rings. The van der Waals surface area contributed by atoms with Gasteiger partial charge in [0.15, 0.2) is 11.1 Å². The SMILES string of the molecule is CC(C)C1=[N+](C(C)C)[C@@]2(C)c3ccccc3C(C)(C)[C@@]2(C)N1c1c(C(C)C)cccc1C(C)C. The Labute approximate surface area is 209 Å². The van der Waals surface area contributed by atoms with Crippen LogP contribution in [0.1, 0.15) is 117 Å². The number of benzene rings is 2. The largest absolute Gasteiger partial charge is 0.256 e. The molecule has 184 valence electrons. The summed E-state index contributed by atoms with van der Waals surface area (Å²) in [5.74, 6) is 2.79. The number of hydrogen-bond acceptors (Lipinski definition) is 1. The molecule has 0 amide bonds. The number of anilines is 1. The topological polar surface area (TPSA) is 6.25 Å². The van der Waals surface area contributed by atoms with Crippen LogP contribution in [0.3, 0.4) is 0 Å². The van der Waals surface area contributed by atoms with Crippen molar-refractivity contribution in [3.8, 4) is 0 Å². The van der Waals surface area contributed by atoms with Crippen molar-refractivity contribution in [3.05, 3.63) is 64.7 Å². The van der Waals surface area contributed by atoms with E-state index in [0.717, 1.165) is 0 Å². The van der Waals surface area contributed by atoms with Gasteiger partial charge in [0, 0.05) is 22.1 Å². The van der Waals surface area contributed by atoms with Gasteiger partial charge in [-0.1, -0.05) is 97.9 Å². The van der Waals surface area contributed by atoms with Gasteiger partial charge in [-0.3, -0.25) is 0 Å². The predicted octanol–water partition coefficient (Wildman–Crippen LogP) is 8.19. The smallest absolute Gasteiger partial charge is 0.249 e. The summed E-state index contributed by atoms with van der Waals surface area (Å²) in [5, 5.41) is 0. The van der Waals surface area contributed by atoms with Gasteiger partial charge in [-0.25, -0.2) is 9.48 Å². The fraction of sp³-hybridized carbons (Fsp3) is 0.594. The van der Waals surface area contributed by atoms with Gasteiger partial charge in [-0.2, -0.15) is 0 Å². The number of nitrogens with zero attached hydrogens (tertiary/aromatic N) is 2. The highest BCUT2D eigenvalue weighted by Crippen LogP contribution is 2.64. The second-order valence-electron chi connectivity index (χ2n) is 12.7. The van der Waals surface area contributed by atoms with E-state index in [1.165, 1.54) is 33.8 Å². The second-order valence-corrected chi connectivity index (χ2v) is 12.7. The molecule has 34 heavy (non-hydrogen) atoms. The van der Waals surface area contributed by atoms with Gasteiger partial charge in [0.1, 0.15) is 5.69 Å². The molecule has 1 aliphatic heterocycles. The first-order valence-electron chi connectivity index (χ1n) is 13.4. The molecule has 2 heteroatoms. The third-order valence-corrected chi connectivity index (χ3v) is 9.29. The van der Waals surface area contributed by atoms with Crippen LogP contribution in [0.25, 0.3) is 0 Å². The zero-order chi connectivity index (χ0) is 25.4. The molecule has 0 radical (unpaired) electrons. The van der Waals surface area contributed by atoms with Crippen molar-refractivity contribution in [1.82, 2.24) is 0 Å². The summed E-state index contributed by atoms with van der Waals surface area (Å²) in [6, 6.07) is 16.7. The van der Waals surface area contributed by atoms with Gasteiger partial charge in [-0.05, 0) is 45.1 Å². The molecule has 4 rings (SSSR count). The van der Waals surface area contributed by atoms with Crippen LogP contribution in [0.4, 0.5) is 5.69 Å². The zero-order valence-electron chi connectivity index (χ0n) is 23.7. The first-order chi connectivity index (χ1) is 15.7. The number of hydrogen-bond donors (Lipinski definition) is 0. The van der Waals surface area contributed by atoms with Crippen LogP contribution in [0.15, 0.2) is 42.5 Å². The van der Waals surface area contributed by atoms with Gasteiger partial charge in [0.25, 0.3) is 5.84 Å². The van der Waals surface area contributed by atoms with Crippen LogP contribution in [-0.2, 0) is 11.0 Å². The summed E-state index contributed by atoms with van der Waals surface area (Å²) in [5.41, 5.74) is 7.03. The second kappa shape index (κ2) is 7.97. The van der Waals surface area contributed by atoms with Gasteiger partial charge < -0.3 is 0 Å². The van der Waals surface area contributed by atoms with Crippen molar-refractivity contribution in [2.75, 3.05) is 4.90 Å². The molecule has 1 aliphatic carbocycles. The molecule has 0 saturated heterocycles. The molecule has 2 aromatic carbocycles. The van der Waals surface area contributed by atoms with E-state index < -0.39 is 0 Å². The Morgan fingerprint density at radius 1 is 0.647 bits per heavy atom. The average Bonchev–Trinajstić information content (AvgIpc) is 3.06. The van der Waals surface area contributed by atoms with Gasteiger partial charge in [0.05, 0.1) is 12.0 Å². The summed E-state index contributed by atoms with van der Waals surface area (Å²) in [4.78, 5) is 2.84. The summed E-state index contributed by atoms with van der Waals surface area (Å²) < 4.78 is 2.78. The van der Waals surface area contributed by atoms with Crippen LogP contribution >= 0.6 is 0 Å². The predicted molar refractivity (Wildman–Crippen MR) is 148 cm³/mol. The molecular formula is C32H47N2+. The quantitative estimate of drug-likeness (QED) is 0.408. The van der Waals surface area contributed by atoms with E-state index in [1.54, 1.807) is 0 Å². The molecule has 0 N–H and O–H groups in total. The number of para-hydroxylation sites is 1. The number of rotatable bonds is 5. The molecule has 0 unspecified atom stereocenters. The highest BCUT2D eigenvalue weighted by molar-refractivity contribution is 6.01. The van der Waals surface area contributed by atoms with Crippen molar-refractivity contribution < 1.29 is 4.58 Å². The number of fused-ring (bicyclic) bond motifs is 3. The lowest BCUT2D eigenvalue weighted by Crippen LogP contribution is -2.63. The molecule has 0 saturated carbocycles. The maximum atomic E-state index is 2.84. The third-order valence-electron chi connectivity index (χ3n) is 9.29. The van der Waals surface area contributed by atoms with Crippen molar-refractivity contribution >= 4 is 11.5 Å². The minimum atomic E-state index is -0.151. The van der Waals surface area contributed by atoms with Crippen molar-refractivity contribution in [2.24, 2.45) is 5.92 Å². The Morgan fingerprint density at radius 2 is 1.15 bits per heavy atom. The van der Waals surface area contributed by atoms with E-state index in [1.807, 2.05) is 0 Å². The molecule has 2 aromatic rings. The standard InChI is InChI=1S/C32H47N2/c1-20(2)24-16-15-17-25(21(3)4)28(24)34-29(22(5)6)33(23(7)8)31(11)27-19-14-13-18-26(27)30(9,10)32(31,34)12/h13-23H,1-12H3/q+1/t31-,32+/m0/s1. The summed E-state index contributed by atoms with van der Waals surface area (Å²) >= 11 is 0. The molecule has 0 fully saturated rings. The number of amidine groups is 1. The first kappa shape index (κ1) is 25.0. The minimum absolute atomic E-state index is 0.0412. The van der Waals surface area contributed by atoms with Gasteiger partial charge >= 0.3 is 0 Å². The first-order valence-corrected chi connectivity index (χ1v) is 13.4. The Morgan fingerprint density at radius 3 is 1.59 bits per heavy atom. The van der Waals surface area contributed by atoms with Crippen LogP contribution < -0.4 is 4.90 Å². The molecular weight excluding hydrogens is 412 g/mol. The lowest BCUT2D eigenvalue weighted by molar-refractivity contribution is -0.640. The van der Waals surface area contributed by atoms with E-state index in [0.29, 0.717) is 23.8 Å². The Bertz CT molecular complexity index is 1110. The summed E-state index contributed by atoms with van der Waals surface area (Å²) in [6.07, 6.45) is 0. The van der Waals surface area contributed by atoms with Gasteiger partial charge in [-0.15, -0.1) is 0 Å². The van der Waals surface area contributed by atoms with Crippen LogP contribution in [0.5, 0.6) is 0 Å². The van der Waals surface area contributed by atoms with E-state index in [4.69, 9.17) is 0 Å². The Kier molecular flexibility index (Phi) is 5.86. The highest BCUT2D eigenvalue weighted by Gasteiger charge is 2.77. The van der Waals surface area contributed by atoms with Gasteiger partial charge in [0.2, 0.25) is 0 Å². The Balaban J connectivity index is 2.23. The molecule has 0 spiro atoms. The van der Waals surface area contributed by atoms with E-state index in [-0.39, 0.29) is 16.5 Å². The van der Waals surface area contributed by atoms with Crippen molar-refractivity contribution in [2.45, 2.75) is 117 Å².